The molecule has 1 unspecified atom stereocenters. The van der Waals surface area contributed by atoms with Gasteiger partial charge in [0.05, 0.1) is 11.4 Å². The van der Waals surface area contributed by atoms with Crippen LogP contribution in [0.3, 0.4) is 0 Å². The van der Waals surface area contributed by atoms with Crippen molar-refractivity contribution in [1.29, 1.82) is 0 Å². The molecule has 0 aliphatic carbocycles. The molecule has 0 aliphatic rings. The maximum absolute atomic E-state index is 4.77. The zero-order valence-electron chi connectivity index (χ0n) is 27.6. The van der Waals surface area contributed by atoms with E-state index in [-0.39, 0.29) is 0 Å². The normalized spacial score (nSPS) is 12.1. The summed E-state index contributed by atoms with van der Waals surface area (Å²) in [5.74, 6) is 0. The number of pyridine rings is 1. The molecule has 1 heterocycles. The minimum atomic E-state index is -0.637. The second-order valence-corrected chi connectivity index (χ2v) is 13.1. The number of aromatic nitrogens is 1. The average Bonchev–Trinajstić information content (AvgIpc) is 3.14. The first-order chi connectivity index (χ1) is 23.0. The molecular weight excluding hydrogens is 589 g/mol. The number of hydrogen-bond donors (Lipinski definition) is 1. The van der Waals surface area contributed by atoms with Crippen molar-refractivity contribution < 1.29 is 0 Å². The molecule has 0 amide bonds. The Hall–Kier alpha value is -4.95. The summed E-state index contributed by atoms with van der Waals surface area (Å²) < 4.78 is 0. The van der Waals surface area contributed by atoms with Crippen LogP contribution in [0.5, 0.6) is 0 Å². The van der Waals surface area contributed by atoms with Gasteiger partial charge in [0.15, 0.2) is 0 Å². The molecule has 4 aromatic carbocycles. The molecule has 3 nitrogen and oxygen atoms in total. The number of nitrogens with one attached hydrogen (secondary N) is 1. The van der Waals surface area contributed by atoms with Gasteiger partial charge in [-0.05, 0) is 68.8 Å². The van der Waals surface area contributed by atoms with Crippen LogP contribution in [0.1, 0.15) is 31.9 Å². The van der Waals surface area contributed by atoms with E-state index in [9.17, 15) is 0 Å². The Balaban J connectivity index is 0.000000240. The van der Waals surface area contributed by atoms with E-state index in [4.69, 9.17) is 4.98 Å². The Bertz CT molecular complexity index is 1720. The van der Waals surface area contributed by atoms with Gasteiger partial charge in [0.25, 0.3) is 0 Å². The van der Waals surface area contributed by atoms with Gasteiger partial charge in [-0.2, -0.15) is 0 Å². The maximum atomic E-state index is 4.77. The van der Waals surface area contributed by atoms with Crippen LogP contribution in [0.4, 0.5) is 0 Å². The largest absolute Gasteiger partial charge is 0.306 e. The smallest absolute Gasteiger partial charge is 0.0702 e. The zero-order chi connectivity index (χ0) is 33.3. The van der Waals surface area contributed by atoms with Gasteiger partial charge in [-0.25, -0.2) is 0 Å². The SMILES string of the molecule is C=NC(=C)c1ccc(-c2ccc(P(c3ccccc3)c3ccccc3)cn2)cc1.C\C=C/C=C\C(=C/C)C(C)NCc1ccccc1. The van der Waals surface area contributed by atoms with Gasteiger partial charge < -0.3 is 5.32 Å². The highest BCUT2D eigenvalue weighted by molar-refractivity contribution is 7.79. The molecule has 0 fully saturated rings. The molecule has 0 radical (unpaired) electrons. The molecule has 1 atom stereocenters. The highest BCUT2D eigenvalue weighted by Gasteiger charge is 2.16. The molecule has 0 spiro atoms. The van der Waals surface area contributed by atoms with E-state index in [0.717, 1.165) is 23.4 Å². The predicted molar refractivity (Wildman–Crippen MR) is 207 cm³/mol. The van der Waals surface area contributed by atoms with E-state index in [0.29, 0.717) is 11.7 Å². The van der Waals surface area contributed by atoms with Gasteiger partial charge in [0.1, 0.15) is 0 Å². The summed E-state index contributed by atoms with van der Waals surface area (Å²) in [6.45, 7) is 14.6. The molecule has 47 heavy (non-hydrogen) atoms. The molecule has 0 saturated heterocycles. The lowest BCUT2D eigenvalue weighted by atomic mass is 10.1. The van der Waals surface area contributed by atoms with E-state index in [1.165, 1.54) is 27.1 Å². The third-order valence-electron chi connectivity index (χ3n) is 7.62. The Kier molecular flexibility index (Phi) is 14.0. The van der Waals surface area contributed by atoms with Crippen LogP contribution < -0.4 is 21.2 Å². The molecule has 1 aromatic heterocycles. The van der Waals surface area contributed by atoms with Gasteiger partial charge in [-0.1, -0.05) is 158 Å². The number of benzene rings is 4. The number of rotatable bonds is 12. The Morgan fingerprint density at radius 1 is 0.766 bits per heavy atom. The van der Waals surface area contributed by atoms with Crippen molar-refractivity contribution in [2.75, 3.05) is 0 Å². The molecule has 1 N–H and O–H groups in total. The lowest BCUT2D eigenvalue weighted by molar-refractivity contribution is 0.616. The van der Waals surface area contributed by atoms with E-state index >= 15 is 0 Å². The standard InChI is InChI=1S/C26H21N2P.C17H23N/c1-20(27-2)21-13-15-22(16-14-21)26-18-17-25(19-28-26)29(23-9-5-3-6-10-23)24-11-7-4-8-12-24;1-4-6-8-13-17(5-2)15(3)18-14-16-11-9-7-10-12-16/h3-19H,1-2H2;4-13,15,18H,14H2,1-3H3/b;6-4-,13-8-,17-5+. The third kappa shape index (κ3) is 10.5. The van der Waals surface area contributed by atoms with Gasteiger partial charge in [-0.15, -0.1) is 0 Å². The summed E-state index contributed by atoms with van der Waals surface area (Å²) in [7, 11) is -0.637. The van der Waals surface area contributed by atoms with Gasteiger partial charge in [0.2, 0.25) is 0 Å². The monoisotopic (exact) mass is 633 g/mol. The van der Waals surface area contributed by atoms with Crippen LogP contribution in [0.2, 0.25) is 0 Å². The van der Waals surface area contributed by atoms with Crippen molar-refractivity contribution in [2.24, 2.45) is 4.99 Å². The number of hydrogen-bond acceptors (Lipinski definition) is 3. The Labute approximate surface area is 282 Å². The summed E-state index contributed by atoms with van der Waals surface area (Å²) >= 11 is 0. The van der Waals surface area contributed by atoms with Crippen molar-refractivity contribution in [1.82, 2.24) is 10.3 Å². The quantitative estimate of drug-likeness (QED) is 0.0845. The van der Waals surface area contributed by atoms with Crippen molar-refractivity contribution in [3.63, 3.8) is 0 Å². The predicted octanol–water partition coefficient (Wildman–Crippen LogP) is 9.42. The number of nitrogens with zero attached hydrogens (tertiary/aromatic N) is 2. The highest BCUT2D eigenvalue weighted by atomic mass is 31.1. The minimum Gasteiger partial charge on any atom is -0.306 e. The molecule has 5 aromatic rings. The summed E-state index contributed by atoms with van der Waals surface area (Å²) in [6, 6.07) is 44.6. The van der Waals surface area contributed by atoms with Crippen LogP contribution in [0, 0.1) is 0 Å². The second kappa shape index (κ2) is 18.9. The van der Waals surface area contributed by atoms with E-state index < -0.39 is 7.92 Å². The van der Waals surface area contributed by atoms with Gasteiger partial charge in [0, 0.05) is 29.7 Å². The molecular formula is C43H44N3P. The Morgan fingerprint density at radius 2 is 1.36 bits per heavy atom. The highest BCUT2D eigenvalue weighted by Crippen LogP contribution is 2.33. The van der Waals surface area contributed by atoms with Crippen molar-refractivity contribution in [2.45, 2.75) is 33.4 Å². The van der Waals surface area contributed by atoms with E-state index in [1.807, 2.05) is 55.6 Å². The summed E-state index contributed by atoms with van der Waals surface area (Å²) in [6.07, 6.45) is 12.5. The fraction of sp³-hybridized carbons (Fsp3) is 0.116. The first-order valence-corrected chi connectivity index (χ1v) is 17.2. The first kappa shape index (κ1) is 34.9. The fourth-order valence-corrected chi connectivity index (χ4v) is 7.20. The van der Waals surface area contributed by atoms with Crippen LogP contribution in [0.15, 0.2) is 181 Å². The zero-order valence-corrected chi connectivity index (χ0v) is 28.5. The first-order valence-electron chi connectivity index (χ1n) is 15.9. The molecule has 0 aliphatic heterocycles. The third-order valence-corrected chi connectivity index (χ3v) is 10.0. The minimum absolute atomic E-state index is 0.358. The lowest BCUT2D eigenvalue weighted by Crippen LogP contribution is -2.26. The second-order valence-electron chi connectivity index (χ2n) is 10.9. The number of allylic oxidation sites excluding steroid dienone is 4. The molecule has 0 saturated carbocycles. The van der Waals surface area contributed by atoms with Crippen molar-refractivity contribution in [3.05, 3.63) is 187 Å². The number of aliphatic imine (C=N–C) groups is 1. The summed E-state index contributed by atoms with van der Waals surface area (Å²) in [5.41, 5.74) is 6.30. The lowest BCUT2D eigenvalue weighted by Gasteiger charge is -2.19. The van der Waals surface area contributed by atoms with Gasteiger partial charge in [-0.3, -0.25) is 9.98 Å². The van der Waals surface area contributed by atoms with Crippen LogP contribution in [0.25, 0.3) is 17.0 Å². The van der Waals surface area contributed by atoms with Crippen molar-refractivity contribution >= 4 is 36.2 Å². The Morgan fingerprint density at radius 3 is 1.87 bits per heavy atom. The topological polar surface area (TPSA) is 37.3 Å². The van der Waals surface area contributed by atoms with Gasteiger partial charge >= 0.3 is 0 Å². The van der Waals surface area contributed by atoms with E-state index in [1.54, 1.807) is 0 Å². The van der Waals surface area contributed by atoms with Crippen LogP contribution in [-0.2, 0) is 6.54 Å². The van der Waals surface area contributed by atoms with Crippen LogP contribution in [-0.4, -0.2) is 17.7 Å². The summed E-state index contributed by atoms with van der Waals surface area (Å²) in [4.78, 5) is 8.67. The van der Waals surface area contributed by atoms with Crippen molar-refractivity contribution in [3.8, 4) is 11.3 Å². The maximum Gasteiger partial charge on any atom is 0.0702 e. The molecule has 4 heteroatoms. The van der Waals surface area contributed by atoms with Crippen LogP contribution >= 0.6 is 7.92 Å². The fourth-order valence-electron chi connectivity index (χ4n) is 4.97. The summed E-state index contributed by atoms with van der Waals surface area (Å²) in [5, 5.41) is 7.42. The average molecular weight is 634 g/mol. The molecule has 236 valence electrons. The molecule has 0 bridgehead atoms. The van der Waals surface area contributed by atoms with E-state index in [2.05, 4.69) is 153 Å². The molecule has 5 rings (SSSR count).